The largest absolute Gasteiger partial charge is 0.495 e. The molecule has 1 N–H and O–H groups in total. The quantitative estimate of drug-likeness (QED) is 0.240. The van der Waals surface area contributed by atoms with Gasteiger partial charge in [0, 0.05) is 12.1 Å². The number of ether oxygens (including phenoxy) is 1. The first-order valence-corrected chi connectivity index (χ1v) is 16.1. The number of rotatable bonds is 11. The Kier molecular flexibility index (Phi) is 11.4. The summed E-state index contributed by atoms with van der Waals surface area (Å²) in [5.74, 6) is -0.635. The number of nitrogens with one attached hydrogen (secondary N) is 1. The second-order valence-corrected chi connectivity index (χ2v) is 14.2. The molecule has 0 aliphatic carbocycles. The maximum atomic E-state index is 14.2. The third-order valence-electron chi connectivity index (χ3n) is 6.53. The third-order valence-corrected chi connectivity index (χ3v) is 9.35. The molecule has 8 nitrogen and oxygen atoms in total. The van der Waals surface area contributed by atoms with Gasteiger partial charge in [-0.05, 0) is 82.1 Å². The lowest BCUT2D eigenvalue weighted by Crippen LogP contribution is -2.55. The monoisotopic (exact) mass is 667 g/mol. The number of sulfonamides is 1. The first kappa shape index (κ1) is 34.5. The Labute approximate surface area is 268 Å². The van der Waals surface area contributed by atoms with E-state index in [1.807, 2.05) is 27.7 Å². The molecule has 0 fully saturated rings. The maximum Gasteiger partial charge on any atom is 0.264 e. The second kappa shape index (κ2) is 14.2. The topological polar surface area (TPSA) is 96.0 Å². The van der Waals surface area contributed by atoms with Gasteiger partial charge in [-0.2, -0.15) is 0 Å². The lowest BCUT2D eigenvalue weighted by Gasteiger charge is -2.35. The van der Waals surface area contributed by atoms with Crippen LogP contribution in [0.15, 0.2) is 65.6 Å². The van der Waals surface area contributed by atoms with Crippen molar-refractivity contribution in [3.05, 3.63) is 86.9 Å². The van der Waals surface area contributed by atoms with Crippen LogP contribution in [0.4, 0.5) is 5.69 Å². The van der Waals surface area contributed by atoms with E-state index < -0.39 is 34.1 Å². The predicted octanol–water partition coefficient (Wildman–Crippen LogP) is 6.88. The first-order valence-electron chi connectivity index (χ1n) is 13.6. The third kappa shape index (κ3) is 8.79. The lowest BCUT2D eigenvalue weighted by molar-refractivity contribution is -0.141. The fourth-order valence-electron chi connectivity index (χ4n) is 4.38. The van der Waals surface area contributed by atoms with Crippen LogP contribution in [0.2, 0.25) is 15.1 Å². The number of aryl methyl sites for hydroxylation is 1. The molecule has 0 aromatic heterocycles. The van der Waals surface area contributed by atoms with Crippen LogP contribution < -0.4 is 14.4 Å². The average Bonchev–Trinajstić information content (AvgIpc) is 2.92. The number of hydrogen-bond acceptors (Lipinski definition) is 5. The van der Waals surface area contributed by atoms with Gasteiger partial charge in [-0.25, -0.2) is 8.42 Å². The first-order chi connectivity index (χ1) is 20.1. The summed E-state index contributed by atoms with van der Waals surface area (Å²) >= 11 is 18.8. The summed E-state index contributed by atoms with van der Waals surface area (Å²) in [5, 5.41) is 3.73. The molecule has 3 rings (SSSR count). The van der Waals surface area contributed by atoms with Crippen molar-refractivity contribution in [3.63, 3.8) is 0 Å². The van der Waals surface area contributed by atoms with Crippen LogP contribution in [0.25, 0.3) is 0 Å². The summed E-state index contributed by atoms with van der Waals surface area (Å²) in [5.41, 5.74) is 1.08. The van der Waals surface area contributed by atoms with Crippen molar-refractivity contribution in [2.24, 2.45) is 0 Å². The molecule has 0 spiro atoms. The fourth-order valence-corrected chi connectivity index (χ4v) is 6.36. The van der Waals surface area contributed by atoms with Crippen LogP contribution in [0.3, 0.4) is 0 Å². The Balaban J connectivity index is 2.12. The van der Waals surface area contributed by atoms with Crippen LogP contribution in [0, 0.1) is 6.92 Å². The average molecular weight is 669 g/mol. The number of halogens is 3. The van der Waals surface area contributed by atoms with Gasteiger partial charge in [-0.3, -0.25) is 13.9 Å². The van der Waals surface area contributed by atoms with Crippen LogP contribution in [0.5, 0.6) is 5.75 Å². The molecular formula is C31H36Cl3N3O5S. The van der Waals surface area contributed by atoms with Crippen molar-refractivity contribution in [1.29, 1.82) is 0 Å². The molecule has 0 saturated heterocycles. The molecule has 0 aliphatic heterocycles. The second-order valence-electron chi connectivity index (χ2n) is 11.1. The highest BCUT2D eigenvalue weighted by Crippen LogP contribution is 2.32. The van der Waals surface area contributed by atoms with E-state index in [1.54, 1.807) is 37.3 Å². The van der Waals surface area contributed by atoms with E-state index in [2.05, 4.69) is 5.32 Å². The van der Waals surface area contributed by atoms with Crippen LogP contribution >= 0.6 is 34.8 Å². The molecule has 0 aliphatic rings. The van der Waals surface area contributed by atoms with Gasteiger partial charge in [0.15, 0.2) is 0 Å². The zero-order valence-corrected chi connectivity index (χ0v) is 28.0. The molecule has 0 bridgehead atoms. The zero-order valence-electron chi connectivity index (χ0n) is 24.9. The molecule has 0 heterocycles. The number of carbonyl (C=O) groups is 2. The standard InChI is InChI=1S/C31H36Cl3N3O5S/c1-7-27(30(39)35-31(3,4)5)36(18-21-10-14-24(32)25(33)16-21)29(38)19-37(22-11-15-28(42-6)26(34)17-22)43(40,41)23-12-8-20(2)9-13-23/h8-17,27H,7,18-19H2,1-6H3,(H,35,39)/t27-/m0/s1. The zero-order chi connectivity index (χ0) is 32.1. The number of hydrogen-bond donors (Lipinski definition) is 1. The highest BCUT2D eigenvalue weighted by Gasteiger charge is 2.35. The predicted molar refractivity (Wildman–Crippen MR) is 173 cm³/mol. The molecular weight excluding hydrogens is 633 g/mol. The Morgan fingerprint density at radius 3 is 2.12 bits per heavy atom. The number of anilines is 1. The van der Waals surface area contributed by atoms with Crippen molar-refractivity contribution in [2.45, 2.75) is 64.1 Å². The Hall–Kier alpha value is -2.98. The Bertz CT molecular complexity index is 1570. The lowest BCUT2D eigenvalue weighted by atomic mass is 10.1. The number of amides is 2. The summed E-state index contributed by atoms with van der Waals surface area (Å²) in [6.07, 6.45) is 0.272. The van der Waals surface area contributed by atoms with E-state index in [0.29, 0.717) is 16.3 Å². The van der Waals surface area contributed by atoms with E-state index in [9.17, 15) is 18.0 Å². The number of carbonyl (C=O) groups excluding carboxylic acids is 2. The van der Waals surface area contributed by atoms with Crippen molar-refractivity contribution in [2.75, 3.05) is 18.0 Å². The van der Waals surface area contributed by atoms with E-state index in [1.165, 1.54) is 42.3 Å². The summed E-state index contributed by atoms with van der Waals surface area (Å²) in [6, 6.07) is 14.8. The highest BCUT2D eigenvalue weighted by molar-refractivity contribution is 7.92. The number of methoxy groups -OCH3 is 1. The smallest absolute Gasteiger partial charge is 0.264 e. The van der Waals surface area contributed by atoms with Gasteiger partial charge in [0.1, 0.15) is 18.3 Å². The molecule has 0 radical (unpaired) electrons. The molecule has 3 aromatic rings. The fraction of sp³-hybridized carbons (Fsp3) is 0.355. The van der Waals surface area contributed by atoms with Gasteiger partial charge >= 0.3 is 0 Å². The molecule has 12 heteroatoms. The maximum absolute atomic E-state index is 14.2. The van der Waals surface area contributed by atoms with Crippen LogP contribution in [-0.4, -0.2) is 50.4 Å². The summed E-state index contributed by atoms with van der Waals surface area (Å²) in [7, 11) is -2.81. The van der Waals surface area contributed by atoms with Gasteiger partial charge in [0.05, 0.1) is 32.8 Å². The van der Waals surface area contributed by atoms with Crippen molar-refractivity contribution < 1.29 is 22.7 Å². The Morgan fingerprint density at radius 2 is 1.58 bits per heavy atom. The summed E-state index contributed by atoms with van der Waals surface area (Å²) in [6.45, 7) is 8.51. The minimum Gasteiger partial charge on any atom is -0.495 e. The molecule has 0 saturated carbocycles. The number of benzene rings is 3. The highest BCUT2D eigenvalue weighted by atomic mass is 35.5. The molecule has 1 atom stereocenters. The van der Waals surface area contributed by atoms with Crippen molar-refractivity contribution in [3.8, 4) is 5.75 Å². The van der Waals surface area contributed by atoms with Gasteiger partial charge in [0.25, 0.3) is 10.0 Å². The molecule has 43 heavy (non-hydrogen) atoms. The van der Waals surface area contributed by atoms with E-state index in [4.69, 9.17) is 39.5 Å². The van der Waals surface area contributed by atoms with Crippen molar-refractivity contribution in [1.82, 2.24) is 10.2 Å². The minimum absolute atomic E-state index is 0.00797. The van der Waals surface area contributed by atoms with Crippen LogP contribution in [0.1, 0.15) is 45.2 Å². The Morgan fingerprint density at radius 1 is 0.930 bits per heavy atom. The van der Waals surface area contributed by atoms with E-state index in [-0.39, 0.29) is 39.5 Å². The molecule has 0 unspecified atom stereocenters. The van der Waals surface area contributed by atoms with Gasteiger partial charge in [-0.15, -0.1) is 0 Å². The normalized spacial score (nSPS) is 12.4. The SMILES string of the molecule is CC[C@@H](C(=O)NC(C)(C)C)N(Cc1ccc(Cl)c(Cl)c1)C(=O)CN(c1ccc(OC)c(Cl)c1)S(=O)(=O)c1ccc(C)cc1. The van der Waals surface area contributed by atoms with E-state index >= 15 is 0 Å². The molecule has 2 amide bonds. The van der Waals surface area contributed by atoms with Crippen LogP contribution in [-0.2, 0) is 26.2 Å². The number of nitrogens with zero attached hydrogens (tertiary/aromatic N) is 2. The van der Waals surface area contributed by atoms with Gasteiger partial charge < -0.3 is 15.0 Å². The van der Waals surface area contributed by atoms with Crippen molar-refractivity contribution >= 4 is 62.3 Å². The summed E-state index contributed by atoms with van der Waals surface area (Å²) < 4.78 is 34.3. The molecule has 3 aromatic carbocycles. The molecule has 232 valence electrons. The van der Waals surface area contributed by atoms with Gasteiger partial charge in [-0.1, -0.05) is 65.5 Å². The minimum atomic E-state index is -4.26. The summed E-state index contributed by atoms with van der Waals surface area (Å²) in [4.78, 5) is 29.0. The van der Waals surface area contributed by atoms with E-state index in [0.717, 1.165) is 9.87 Å². The van der Waals surface area contributed by atoms with Gasteiger partial charge in [0.2, 0.25) is 11.8 Å².